The summed E-state index contributed by atoms with van der Waals surface area (Å²) in [5.41, 5.74) is 3.88. The van der Waals surface area contributed by atoms with Crippen LogP contribution in [0.25, 0.3) is 0 Å². The lowest BCUT2D eigenvalue weighted by molar-refractivity contribution is 0.858. The first-order chi connectivity index (χ1) is 12.3. The van der Waals surface area contributed by atoms with Gasteiger partial charge in [0.2, 0.25) is 0 Å². The van der Waals surface area contributed by atoms with Crippen molar-refractivity contribution >= 4 is 11.6 Å². The molecule has 0 aliphatic carbocycles. The number of hydrogen-bond acceptors (Lipinski definition) is 4. The van der Waals surface area contributed by atoms with Crippen molar-refractivity contribution in [2.45, 2.75) is 26.3 Å². The van der Waals surface area contributed by atoms with E-state index in [0.29, 0.717) is 0 Å². The Balaban J connectivity index is 1.45. The fourth-order valence-electron chi connectivity index (χ4n) is 2.60. The Hall–Kier alpha value is -2.88. The first-order valence-corrected chi connectivity index (χ1v) is 8.69. The molecule has 128 valence electrons. The number of nitrogens with zero attached hydrogens (tertiary/aromatic N) is 2. The van der Waals surface area contributed by atoms with E-state index in [2.05, 4.69) is 76.1 Å². The van der Waals surface area contributed by atoms with Gasteiger partial charge in [0, 0.05) is 19.2 Å². The highest BCUT2D eigenvalue weighted by molar-refractivity contribution is 5.46. The van der Waals surface area contributed by atoms with E-state index < -0.39 is 0 Å². The van der Waals surface area contributed by atoms with Crippen LogP contribution < -0.4 is 10.6 Å². The molecular formula is C21H24N4. The highest BCUT2D eigenvalue weighted by Crippen LogP contribution is 2.11. The van der Waals surface area contributed by atoms with Crippen molar-refractivity contribution in [3.63, 3.8) is 0 Å². The molecule has 0 saturated carbocycles. The van der Waals surface area contributed by atoms with Crippen LogP contribution >= 0.6 is 0 Å². The lowest BCUT2D eigenvalue weighted by Crippen LogP contribution is -2.07. The molecule has 0 spiro atoms. The number of nitrogens with one attached hydrogen (secondary N) is 2. The Morgan fingerprint density at radius 3 is 2.28 bits per heavy atom. The third-order valence-electron chi connectivity index (χ3n) is 4.05. The summed E-state index contributed by atoms with van der Waals surface area (Å²) >= 11 is 0. The summed E-state index contributed by atoms with van der Waals surface area (Å²) in [6.45, 7) is 3.74. The molecule has 0 amide bonds. The minimum Gasteiger partial charge on any atom is -0.370 e. The standard InChI is InChI=1S/C21H24N4/c1-17-9-11-19(12-10-17)15-23-21-14-20(24-16-25-21)22-13-5-8-18-6-3-2-4-7-18/h2-4,6-7,9-12,14,16H,5,8,13,15H2,1H3,(H2,22,23,24,25). The molecule has 3 rings (SSSR count). The molecule has 0 saturated heterocycles. The molecule has 4 heteroatoms. The van der Waals surface area contributed by atoms with Crippen LogP contribution in [0.1, 0.15) is 23.1 Å². The first kappa shape index (κ1) is 17.0. The maximum atomic E-state index is 4.29. The Morgan fingerprint density at radius 2 is 1.52 bits per heavy atom. The zero-order valence-electron chi connectivity index (χ0n) is 14.6. The van der Waals surface area contributed by atoms with Gasteiger partial charge in [-0.15, -0.1) is 0 Å². The zero-order valence-corrected chi connectivity index (χ0v) is 14.6. The highest BCUT2D eigenvalue weighted by Gasteiger charge is 1.99. The number of anilines is 2. The van der Waals surface area contributed by atoms with Gasteiger partial charge in [0.05, 0.1) is 0 Å². The van der Waals surface area contributed by atoms with Gasteiger partial charge < -0.3 is 10.6 Å². The molecule has 0 bridgehead atoms. The summed E-state index contributed by atoms with van der Waals surface area (Å²) in [4.78, 5) is 8.57. The summed E-state index contributed by atoms with van der Waals surface area (Å²) in [7, 11) is 0. The van der Waals surface area contributed by atoms with Crippen LogP contribution in [0.15, 0.2) is 67.0 Å². The van der Waals surface area contributed by atoms with E-state index in [-0.39, 0.29) is 0 Å². The fourth-order valence-corrected chi connectivity index (χ4v) is 2.60. The molecule has 25 heavy (non-hydrogen) atoms. The van der Waals surface area contributed by atoms with Crippen molar-refractivity contribution in [3.05, 3.63) is 83.7 Å². The summed E-state index contributed by atoms with van der Waals surface area (Å²) < 4.78 is 0. The van der Waals surface area contributed by atoms with Crippen molar-refractivity contribution in [1.29, 1.82) is 0 Å². The van der Waals surface area contributed by atoms with Crippen molar-refractivity contribution in [1.82, 2.24) is 9.97 Å². The molecule has 0 aliphatic rings. The molecule has 0 unspecified atom stereocenters. The van der Waals surface area contributed by atoms with E-state index in [1.165, 1.54) is 16.7 Å². The number of aromatic nitrogens is 2. The lowest BCUT2D eigenvalue weighted by atomic mass is 10.1. The smallest absolute Gasteiger partial charge is 0.131 e. The molecule has 4 nitrogen and oxygen atoms in total. The average molecular weight is 332 g/mol. The Kier molecular flexibility index (Phi) is 5.99. The predicted molar refractivity (Wildman–Crippen MR) is 104 cm³/mol. The van der Waals surface area contributed by atoms with Crippen molar-refractivity contribution in [3.8, 4) is 0 Å². The van der Waals surface area contributed by atoms with Gasteiger partial charge in [0.1, 0.15) is 18.0 Å². The summed E-state index contributed by atoms with van der Waals surface area (Å²) in [6, 6.07) is 21.0. The van der Waals surface area contributed by atoms with Gasteiger partial charge in [-0.3, -0.25) is 0 Å². The minimum absolute atomic E-state index is 0.755. The van der Waals surface area contributed by atoms with Crippen molar-refractivity contribution in [2.75, 3.05) is 17.2 Å². The lowest BCUT2D eigenvalue weighted by Gasteiger charge is -2.09. The van der Waals surface area contributed by atoms with Gasteiger partial charge in [-0.1, -0.05) is 60.2 Å². The monoisotopic (exact) mass is 332 g/mol. The molecule has 0 atom stereocenters. The van der Waals surface area contributed by atoms with Crippen LogP contribution in [0.4, 0.5) is 11.6 Å². The Morgan fingerprint density at radius 1 is 0.800 bits per heavy atom. The fraction of sp³-hybridized carbons (Fsp3) is 0.238. The van der Waals surface area contributed by atoms with Crippen molar-refractivity contribution in [2.24, 2.45) is 0 Å². The van der Waals surface area contributed by atoms with Crippen LogP contribution in [0.5, 0.6) is 0 Å². The molecular weight excluding hydrogens is 308 g/mol. The first-order valence-electron chi connectivity index (χ1n) is 8.69. The van der Waals surface area contributed by atoms with E-state index >= 15 is 0 Å². The second-order valence-corrected chi connectivity index (χ2v) is 6.14. The molecule has 0 aliphatic heterocycles. The normalized spacial score (nSPS) is 10.4. The molecule has 1 heterocycles. The van der Waals surface area contributed by atoms with E-state index in [9.17, 15) is 0 Å². The van der Waals surface area contributed by atoms with E-state index in [1.807, 2.05) is 12.1 Å². The molecule has 1 aromatic heterocycles. The summed E-state index contributed by atoms with van der Waals surface area (Å²) in [6.07, 6.45) is 3.73. The molecule has 2 aromatic carbocycles. The molecule has 0 radical (unpaired) electrons. The maximum absolute atomic E-state index is 4.29. The van der Waals surface area contributed by atoms with Crippen LogP contribution in [-0.2, 0) is 13.0 Å². The van der Waals surface area contributed by atoms with Crippen LogP contribution in [0, 0.1) is 6.92 Å². The topological polar surface area (TPSA) is 49.8 Å². The van der Waals surface area contributed by atoms with Gasteiger partial charge in [-0.05, 0) is 30.9 Å². The second kappa shape index (κ2) is 8.83. The van der Waals surface area contributed by atoms with Crippen LogP contribution in [0.2, 0.25) is 0 Å². The Labute approximate surface area is 149 Å². The number of aryl methyl sites for hydroxylation is 2. The number of rotatable bonds is 8. The van der Waals surface area contributed by atoms with Gasteiger partial charge in [-0.2, -0.15) is 0 Å². The third-order valence-corrected chi connectivity index (χ3v) is 4.05. The van der Waals surface area contributed by atoms with Gasteiger partial charge in [-0.25, -0.2) is 9.97 Å². The van der Waals surface area contributed by atoms with E-state index in [1.54, 1.807) is 6.33 Å². The van der Waals surface area contributed by atoms with Crippen LogP contribution in [0.3, 0.4) is 0 Å². The minimum atomic E-state index is 0.755. The Bertz CT molecular complexity index is 769. The van der Waals surface area contributed by atoms with Gasteiger partial charge in [0.15, 0.2) is 0 Å². The largest absolute Gasteiger partial charge is 0.370 e. The SMILES string of the molecule is Cc1ccc(CNc2cc(NCCCc3ccccc3)ncn2)cc1. The number of benzene rings is 2. The van der Waals surface area contributed by atoms with E-state index in [4.69, 9.17) is 0 Å². The molecule has 0 fully saturated rings. The third kappa shape index (κ3) is 5.60. The second-order valence-electron chi connectivity index (χ2n) is 6.14. The van der Waals surface area contributed by atoms with E-state index in [0.717, 1.165) is 37.6 Å². The predicted octanol–water partition coefficient (Wildman–Crippen LogP) is 4.44. The van der Waals surface area contributed by atoms with Gasteiger partial charge in [0.25, 0.3) is 0 Å². The zero-order chi connectivity index (χ0) is 17.3. The number of hydrogen-bond donors (Lipinski definition) is 2. The van der Waals surface area contributed by atoms with Crippen LogP contribution in [-0.4, -0.2) is 16.5 Å². The molecule has 3 aromatic rings. The van der Waals surface area contributed by atoms with Gasteiger partial charge >= 0.3 is 0 Å². The molecule has 2 N–H and O–H groups in total. The van der Waals surface area contributed by atoms with Crippen molar-refractivity contribution < 1.29 is 0 Å². The summed E-state index contributed by atoms with van der Waals surface area (Å²) in [5, 5.41) is 6.72. The quantitative estimate of drug-likeness (QED) is 0.599. The average Bonchev–Trinajstić information content (AvgIpc) is 2.66. The highest BCUT2D eigenvalue weighted by atomic mass is 15.1. The maximum Gasteiger partial charge on any atom is 0.131 e. The summed E-state index contributed by atoms with van der Waals surface area (Å²) in [5.74, 6) is 1.69.